The van der Waals surface area contributed by atoms with Crippen molar-refractivity contribution in [3.63, 3.8) is 0 Å². The first kappa shape index (κ1) is 25.4. The number of aliphatic hydroxyl groups excluding tert-OH is 1. The van der Waals surface area contributed by atoms with E-state index in [0.717, 1.165) is 89.9 Å². The fourth-order valence-electron chi connectivity index (χ4n) is 5.65. The first-order valence-electron chi connectivity index (χ1n) is 13.9. The van der Waals surface area contributed by atoms with E-state index in [1.54, 1.807) is 6.20 Å². The average Bonchev–Trinajstić information content (AvgIpc) is 3.27. The summed E-state index contributed by atoms with van der Waals surface area (Å²) in [6, 6.07) is 8.42. The minimum absolute atomic E-state index is 0.0338. The van der Waals surface area contributed by atoms with Gasteiger partial charge in [-0.25, -0.2) is 4.98 Å². The van der Waals surface area contributed by atoms with Crippen molar-refractivity contribution in [2.24, 2.45) is 10.9 Å². The number of aromatic amines is 1. The van der Waals surface area contributed by atoms with Gasteiger partial charge < -0.3 is 15.4 Å². The van der Waals surface area contributed by atoms with Crippen molar-refractivity contribution >= 4 is 28.3 Å². The molecule has 0 spiro atoms. The number of H-pyrrole nitrogens is 1. The number of pyridine rings is 2. The number of fused-ring (bicyclic) bond motifs is 2. The molecule has 3 N–H and O–H groups in total. The lowest BCUT2D eigenvalue weighted by atomic mass is 9.83. The van der Waals surface area contributed by atoms with Gasteiger partial charge in [0.25, 0.3) is 0 Å². The molecule has 0 unspecified atom stereocenters. The molecular weight excluding hydrogens is 488 g/mol. The lowest BCUT2D eigenvalue weighted by Crippen LogP contribution is -2.17. The molecule has 1 aromatic carbocycles. The number of aryl methyl sites for hydroxylation is 1. The maximum absolute atomic E-state index is 12.2. The zero-order chi connectivity index (χ0) is 26.9. The summed E-state index contributed by atoms with van der Waals surface area (Å²) in [6.07, 6.45) is 12.5. The Morgan fingerprint density at radius 1 is 1.03 bits per heavy atom. The highest BCUT2D eigenvalue weighted by molar-refractivity contribution is 6.13. The van der Waals surface area contributed by atoms with Gasteiger partial charge in [0.05, 0.1) is 35.2 Å². The van der Waals surface area contributed by atoms with Crippen LogP contribution in [0.2, 0.25) is 0 Å². The molecule has 4 aromatic rings. The highest BCUT2D eigenvalue weighted by Crippen LogP contribution is 2.36. The maximum atomic E-state index is 12.2. The molecule has 2 aliphatic rings. The lowest BCUT2D eigenvalue weighted by molar-refractivity contribution is -0.118. The topological polar surface area (TPSA) is 116 Å². The summed E-state index contributed by atoms with van der Waals surface area (Å²) < 4.78 is 0. The summed E-state index contributed by atoms with van der Waals surface area (Å²) in [6.45, 7) is 4.48. The second-order valence-electron chi connectivity index (χ2n) is 11.0. The SMILES string of the molecule is CC(C)C(=O)Nc1cncc(-c2ccc3c(c2)C(c2nc4c(C5CCC(O)CC5)cncc4[nH]2)=NCCC3)c1. The van der Waals surface area contributed by atoms with Gasteiger partial charge in [0.1, 0.15) is 5.71 Å². The van der Waals surface area contributed by atoms with Crippen molar-refractivity contribution in [2.75, 3.05) is 11.9 Å². The first-order valence-corrected chi connectivity index (χ1v) is 13.9. The van der Waals surface area contributed by atoms with Crippen LogP contribution in [0.5, 0.6) is 0 Å². The van der Waals surface area contributed by atoms with E-state index in [-0.39, 0.29) is 17.9 Å². The highest BCUT2D eigenvalue weighted by Gasteiger charge is 2.25. The third kappa shape index (κ3) is 5.21. The van der Waals surface area contributed by atoms with Crippen LogP contribution >= 0.6 is 0 Å². The molecule has 0 saturated heterocycles. The van der Waals surface area contributed by atoms with Crippen LogP contribution in [-0.2, 0) is 11.2 Å². The number of carbonyl (C=O) groups excluding carboxylic acids is 1. The predicted molar refractivity (Wildman–Crippen MR) is 153 cm³/mol. The van der Waals surface area contributed by atoms with Gasteiger partial charge in [-0.2, -0.15) is 0 Å². The molecule has 8 heteroatoms. The summed E-state index contributed by atoms with van der Waals surface area (Å²) in [7, 11) is 0. The number of anilines is 1. The van der Waals surface area contributed by atoms with Gasteiger partial charge in [0.15, 0.2) is 5.82 Å². The predicted octanol–water partition coefficient (Wildman–Crippen LogP) is 5.42. The minimum atomic E-state index is -0.198. The smallest absolute Gasteiger partial charge is 0.226 e. The number of aliphatic hydroxyl groups is 1. The van der Waals surface area contributed by atoms with Crippen LogP contribution in [0.1, 0.15) is 74.4 Å². The van der Waals surface area contributed by atoms with E-state index in [0.29, 0.717) is 11.6 Å². The Morgan fingerprint density at radius 3 is 2.67 bits per heavy atom. The summed E-state index contributed by atoms with van der Waals surface area (Å²) in [4.78, 5) is 34.7. The van der Waals surface area contributed by atoms with E-state index in [1.807, 2.05) is 38.5 Å². The maximum Gasteiger partial charge on any atom is 0.226 e. The zero-order valence-corrected chi connectivity index (χ0v) is 22.4. The van der Waals surface area contributed by atoms with Crippen molar-refractivity contribution in [1.82, 2.24) is 19.9 Å². The van der Waals surface area contributed by atoms with E-state index in [1.165, 1.54) is 5.56 Å². The number of rotatable bonds is 5. The average molecular weight is 523 g/mol. The van der Waals surface area contributed by atoms with E-state index < -0.39 is 0 Å². The molecule has 0 radical (unpaired) electrons. The summed E-state index contributed by atoms with van der Waals surface area (Å²) >= 11 is 0. The number of imidazole rings is 1. The molecule has 3 aromatic heterocycles. The molecule has 0 atom stereocenters. The Bertz CT molecular complexity index is 1550. The molecule has 200 valence electrons. The molecule has 8 nitrogen and oxygen atoms in total. The van der Waals surface area contributed by atoms with Crippen molar-refractivity contribution in [3.8, 4) is 11.1 Å². The fourth-order valence-corrected chi connectivity index (χ4v) is 5.65. The van der Waals surface area contributed by atoms with E-state index in [4.69, 9.17) is 9.98 Å². The van der Waals surface area contributed by atoms with Gasteiger partial charge in [0, 0.05) is 41.5 Å². The third-order valence-corrected chi connectivity index (χ3v) is 7.89. The molecule has 39 heavy (non-hydrogen) atoms. The van der Waals surface area contributed by atoms with Crippen LogP contribution in [0.25, 0.3) is 22.2 Å². The zero-order valence-electron chi connectivity index (χ0n) is 22.4. The number of benzene rings is 1. The second-order valence-corrected chi connectivity index (χ2v) is 11.0. The van der Waals surface area contributed by atoms with E-state index in [2.05, 4.69) is 38.5 Å². The standard InChI is InChI=1S/C31H34N6O2/c1-18(2)31(39)35-23-12-22(14-32-15-23)21-6-5-19-4-3-11-34-29(25(19)13-21)30-36-27-17-33-16-26(28(27)37-30)20-7-9-24(38)10-8-20/h5-6,12-18,20,24,38H,3-4,7-11H2,1-2H3,(H,35,39)(H,36,37). The monoisotopic (exact) mass is 522 g/mol. The number of nitrogens with zero attached hydrogens (tertiary/aromatic N) is 4. The number of amides is 1. The molecule has 1 saturated carbocycles. The van der Waals surface area contributed by atoms with Gasteiger partial charge in [-0.3, -0.25) is 19.8 Å². The number of hydrogen-bond acceptors (Lipinski definition) is 6. The molecule has 1 amide bonds. The van der Waals surface area contributed by atoms with Crippen molar-refractivity contribution in [1.29, 1.82) is 0 Å². The van der Waals surface area contributed by atoms with Crippen molar-refractivity contribution in [2.45, 2.75) is 64.4 Å². The van der Waals surface area contributed by atoms with Gasteiger partial charge in [-0.05, 0) is 67.7 Å². The van der Waals surface area contributed by atoms with Gasteiger partial charge in [-0.1, -0.05) is 26.0 Å². The van der Waals surface area contributed by atoms with E-state index >= 15 is 0 Å². The van der Waals surface area contributed by atoms with Crippen molar-refractivity contribution in [3.05, 3.63) is 71.6 Å². The molecule has 4 heterocycles. The number of carbonyl (C=O) groups is 1. The van der Waals surface area contributed by atoms with Crippen LogP contribution in [0.15, 0.2) is 54.0 Å². The van der Waals surface area contributed by atoms with Gasteiger partial charge in [0.2, 0.25) is 5.91 Å². The number of aliphatic imine (C=N–C) groups is 1. The summed E-state index contributed by atoms with van der Waals surface area (Å²) in [5, 5.41) is 12.9. The summed E-state index contributed by atoms with van der Waals surface area (Å²) in [5.41, 5.74) is 8.80. The molecule has 1 aliphatic heterocycles. The lowest BCUT2D eigenvalue weighted by Gasteiger charge is -2.25. The van der Waals surface area contributed by atoms with Gasteiger partial charge >= 0.3 is 0 Å². The Hall–Kier alpha value is -3.91. The fraction of sp³-hybridized carbons (Fsp3) is 0.387. The molecule has 6 rings (SSSR count). The molecule has 1 aliphatic carbocycles. The van der Waals surface area contributed by atoms with Crippen LogP contribution < -0.4 is 5.32 Å². The van der Waals surface area contributed by atoms with Crippen LogP contribution in [0, 0.1) is 5.92 Å². The summed E-state index contributed by atoms with van der Waals surface area (Å²) in [5.74, 6) is 0.968. The second kappa shape index (κ2) is 10.7. The Balaban J connectivity index is 1.37. The van der Waals surface area contributed by atoms with Crippen LogP contribution in [0.4, 0.5) is 5.69 Å². The normalized spacial score (nSPS) is 19.4. The first-order chi connectivity index (χ1) is 19.0. The Kier molecular flexibility index (Phi) is 6.95. The van der Waals surface area contributed by atoms with Crippen LogP contribution in [-0.4, -0.2) is 49.3 Å². The van der Waals surface area contributed by atoms with E-state index in [9.17, 15) is 9.90 Å². The Morgan fingerprint density at radius 2 is 1.85 bits per heavy atom. The number of nitrogens with one attached hydrogen (secondary N) is 2. The van der Waals surface area contributed by atoms with Crippen LogP contribution in [0.3, 0.4) is 0 Å². The number of aromatic nitrogens is 4. The third-order valence-electron chi connectivity index (χ3n) is 7.89. The quantitative estimate of drug-likeness (QED) is 0.324. The molecule has 1 fully saturated rings. The number of hydrogen-bond donors (Lipinski definition) is 3. The largest absolute Gasteiger partial charge is 0.393 e. The highest BCUT2D eigenvalue weighted by atomic mass is 16.3. The Labute approximate surface area is 228 Å². The van der Waals surface area contributed by atoms with Gasteiger partial charge in [-0.15, -0.1) is 0 Å². The molecular formula is C31H34N6O2. The van der Waals surface area contributed by atoms with Crippen molar-refractivity contribution < 1.29 is 9.90 Å². The molecule has 0 bridgehead atoms. The minimum Gasteiger partial charge on any atom is -0.393 e.